The number of nitrogens with two attached hydrogens (primary N) is 1. The quantitative estimate of drug-likeness (QED) is 0.567. The molecule has 2 rings (SSSR count). The van der Waals surface area contributed by atoms with Crippen molar-refractivity contribution in [3.8, 4) is 17.2 Å². The summed E-state index contributed by atoms with van der Waals surface area (Å²) in [6.07, 6.45) is -4.71. The van der Waals surface area contributed by atoms with Crippen LogP contribution in [0.3, 0.4) is 0 Å². The molecule has 0 heterocycles. The van der Waals surface area contributed by atoms with Crippen molar-refractivity contribution in [1.82, 2.24) is 5.32 Å². The van der Waals surface area contributed by atoms with Gasteiger partial charge in [-0.1, -0.05) is 24.3 Å². The Hall–Kier alpha value is -3.10. The summed E-state index contributed by atoms with van der Waals surface area (Å²) in [7, 11) is 3.10. The summed E-state index contributed by atoms with van der Waals surface area (Å²) in [6.45, 7) is 0.578. The summed E-state index contributed by atoms with van der Waals surface area (Å²) >= 11 is 0. The summed E-state index contributed by atoms with van der Waals surface area (Å²) in [5.74, 6) is 1.11. The van der Waals surface area contributed by atoms with Crippen molar-refractivity contribution in [2.24, 2.45) is 10.7 Å². The predicted octanol–water partition coefficient (Wildman–Crippen LogP) is 3.21. The van der Waals surface area contributed by atoms with Crippen molar-refractivity contribution in [2.45, 2.75) is 19.5 Å². The first kappa shape index (κ1) is 20.2. The van der Waals surface area contributed by atoms with Crippen LogP contribution in [0.15, 0.2) is 47.5 Å². The SMILES string of the molecule is COc1cccc(CNC(N)=NCc2ccc(OC(F)(F)F)cc2)c1OC. The number of aliphatic imine (C=N–C) groups is 1. The lowest BCUT2D eigenvalue weighted by Crippen LogP contribution is -2.31. The van der Waals surface area contributed by atoms with E-state index in [4.69, 9.17) is 15.2 Å². The van der Waals surface area contributed by atoms with Gasteiger partial charge >= 0.3 is 6.36 Å². The van der Waals surface area contributed by atoms with E-state index in [1.807, 2.05) is 12.1 Å². The molecule has 3 N–H and O–H groups in total. The first-order valence-corrected chi connectivity index (χ1v) is 7.90. The fraction of sp³-hybridized carbons (Fsp3) is 0.278. The van der Waals surface area contributed by atoms with Crippen molar-refractivity contribution in [3.05, 3.63) is 53.6 Å². The summed E-state index contributed by atoms with van der Waals surface area (Å²) in [5.41, 5.74) is 7.36. The van der Waals surface area contributed by atoms with Crippen molar-refractivity contribution < 1.29 is 27.4 Å². The maximum Gasteiger partial charge on any atom is 0.573 e. The highest BCUT2D eigenvalue weighted by atomic mass is 19.4. The lowest BCUT2D eigenvalue weighted by Gasteiger charge is -2.13. The van der Waals surface area contributed by atoms with Crippen LogP contribution in [0.1, 0.15) is 11.1 Å². The normalized spacial score (nSPS) is 11.8. The second-order valence-corrected chi connectivity index (χ2v) is 5.40. The number of hydrogen-bond donors (Lipinski definition) is 2. The number of guanidine groups is 1. The van der Waals surface area contributed by atoms with Crippen molar-refractivity contribution >= 4 is 5.96 Å². The van der Waals surface area contributed by atoms with Crippen LogP contribution in [0.2, 0.25) is 0 Å². The van der Waals surface area contributed by atoms with Crippen LogP contribution in [0.25, 0.3) is 0 Å². The molecule has 6 nitrogen and oxygen atoms in total. The number of alkyl halides is 3. The second-order valence-electron chi connectivity index (χ2n) is 5.40. The zero-order valence-corrected chi connectivity index (χ0v) is 14.8. The van der Waals surface area contributed by atoms with E-state index in [1.165, 1.54) is 24.3 Å². The number of nitrogens with zero attached hydrogens (tertiary/aromatic N) is 1. The smallest absolute Gasteiger partial charge is 0.493 e. The van der Waals surface area contributed by atoms with Gasteiger partial charge in [-0.15, -0.1) is 13.2 Å². The van der Waals surface area contributed by atoms with E-state index >= 15 is 0 Å². The molecule has 0 fully saturated rings. The Kier molecular flexibility index (Phi) is 6.75. The van der Waals surface area contributed by atoms with Crippen molar-refractivity contribution in [1.29, 1.82) is 0 Å². The van der Waals surface area contributed by atoms with Crippen LogP contribution in [0, 0.1) is 0 Å². The molecule has 27 heavy (non-hydrogen) atoms. The van der Waals surface area contributed by atoms with Crippen LogP contribution in [0.5, 0.6) is 17.2 Å². The largest absolute Gasteiger partial charge is 0.573 e. The van der Waals surface area contributed by atoms with Gasteiger partial charge in [-0.2, -0.15) is 0 Å². The van der Waals surface area contributed by atoms with E-state index in [2.05, 4.69) is 15.0 Å². The summed E-state index contributed by atoms with van der Waals surface area (Å²) < 4.78 is 50.8. The molecule has 0 saturated carbocycles. The molecule has 0 aliphatic heterocycles. The molecule has 0 unspecified atom stereocenters. The van der Waals surface area contributed by atoms with Gasteiger partial charge in [-0.05, 0) is 23.8 Å². The molecule has 0 radical (unpaired) electrons. The summed E-state index contributed by atoms with van der Waals surface area (Å²) in [5, 5.41) is 2.96. The van der Waals surface area contributed by atoms with Gasteiger partial charge in [0, 0.05) is 12.1 Å². The molecule has 0 amide bonds. The topological polar surface area (TPSA) is 78.1 Å². The number of nitrogens with one attached hydrogen (secondary N) is 1. The molecule has 9 heteroatoms. The van der Waals surface area contributed by atoms with Crippen LogP contribution in [-0.2, 0) is 13.1 Å². The van der Waals surface area contributed by atoms with Gasteiger partial charge in [0.1, 0.15) is 5.75 Å². The molecule has 0 spiro atoms. The lowest BCUT2D eigenvalue weighted by molar-refractivity contribution is -0.274. The molecule has 0 aliphatic carbocycles. The zero-order valence-electron chi connectivity index (χ0n) is 14.8. The highest BCUT2D eigenvalue weighted by molar-refractivity contribution is 5.77. The Bertz CT molecular complexity index is 778. The zero-order chi connectivity index (χ0) is 19.9. The monoisotopic (exact) mass is 383 g/mol. The number of para-hydroxylation sites is 1. The molecule has 0 bridgehead atoms. The van der Waals surface area contributed by atoms with Gasteiger partial charge in [-0.25, -0.2) is 4.99 Å². The molecular weight excluding hydrogens is 363 g/mol. The maximum atomic E-state index is 12.1. The van der Waals surface area contributed by atoms with Gasteiger partial charge < -0.3 is 25.3 Å². The van der Waals surface area contributed by atoms with Gasteiger partial charge in [0.15, 0.2) is 17.5 Å². The number of ether oxygens (including phenoxy) is 3. The summed E-state index contributed by atoms with van der Waals surface area (Å²) in [4.78, 5) is 4.16. The third-order valence-electron chi connectivity index (χ3n) is 3.53. The first-order chi connectivity index (χ1) is 12.8. The van der Waals surface area contributed by atoms with E-state index in [-0.39, 0.29) is 18.3 Å². The van der Waals surface area contributed by atoms with E-state index in [0.29, 0.717) is 23.6 Å². The number of methoxy groups -OCH3 is 2. The van der Waals surface area contributed by atoms with Crippen LogP contribution >= 0.6 is 0 Å². The highest BCUT2D eigenvalue weighted by Crippen LogP contribution is 2.30. The molecule has 2 aromatic carbocycles. The van der Waals surface area contributed by atoms with Gasteiger partial charge in [0.2, 0.25) is 0 Å². The molecule has 146 valence electrons. The minimum absolute atomic E-state index is 0.190. The number of rotatable bonds is 7. The predicted molar refractivity (Wildman–Crippen MR) is 94.8 cm³/mol. The van der Waals surface area contributed by atoms with Crippen LogP contribution in [0.4, 0.5) is 13.2 Å². The van der Waals surface area contributed by atoms with E-state index in [0.717, 1.165) is 5.56 Å². The second kappa shape index (κ2) is 9.02. The molecule has 0 aliphatic rings. The Morgan fingerprint density at radius 2 is 1.78 bits per heavy atom. The molecule has 0 saturated heterocycles. The average molecular weight is 383 g/mol. The Balaban J connectivity index is 1.93. The number of hydrogen-bond acceptors (Lipinski definition) is 4. The molecular formula is C18H20F3N3O3. The summed E-state index contributed by atoms with van der Waals surface area (Å²) in [6, 6.07) is 10.9. The van der Waals surface area contributed by atoms with E-state index < -0.39 is 6.36 Å². The fourth-order valence-corrected chi connectivity index (χ4v) is 2.31. The molecule has 0 atom stereocenters. The maximum absolute atomic E-state index is 12.1. The van der Waals surface area contributed by atoms with Crippen molar-refractivity contribution in [3.63, 3.8) is 0 Å². The van der Waals surface area contributed by atoms with E-state index in [9.17, 15) is 13.2 Å². The third kappa shape index (κ3) is 6.28. The molecule has 2 aromatic rings. The Labute approximate surface area is 154 Å². The standard InChI is InChI=1S/C18H20F3N3O3/c1-25-15-5-3-4-13(16(15)26-2)11-24-17(22)23-10-12-6-8-14(9-7-12)27-18(19,20)21/h3-9H,10-11H2,1-2H3,(H3,22,23,24). The minimum atomic E-state index is -4.71. The Morgan fingerprint density at radius 1 is 1.07 bits per heavy atom. The number of benzene rings is 2. The Morgan fingerprint density at radius 3 is 2.37 bits per heavy atom. The van der Waals surface area contributed by atoms with Crippen LogP contribution < -0.4 is 25.3 Å². The van der Waals surface area contributed by atoms with Crippen molar-refractivity contribution in [2.75, 3.05) is 14.2 Å². The van der Waals surface area contributed by atoms with Gasteiger partial charge in [-0.3, -0.25) is 0 Å². The highest BCUT2D eigenvalue weighted by Gasteiger charge is 2.30. The average Bonchev–Trinajstić information content (AvgIpc) is 2.64. The van der Waals surface area contributed by atoms with Crippen LogP contribution in [-0.4, -0.2) is 26.5 Å². The first-order valence-electron chi connectivity index (χ1n) is 7.90. The fourth-order valence-electron chi connectivity index (χ4n) is 2.31. The minimum Gasteiger partial charge on any atom is -0.493 e. The number of halogens is 3. The third-order valence-corrected chi connectivity index (χ3v) is 3.53. The van der Waals surface area contributed by atoms with Gasteiger partial charge in [0.05, 0.1) is 20.8 Å². The van der Waals surface area contributed by atoms with Gasteiger partial charge in [0.25, 0.3) is 0 Å². The molecule has 0 aromatic heterocycles. The van der Waals surface area contributed by atoms with E-state index in [1.54, 1.807) is 20.3 Å². The lowest BCUT2D eigenvalue weighted by atomic mass is 10.2.